The molecule has 0 aliphatic rings. The lowest BCUT2D eigenvalue weighted by atomic mass is 10.1. The fourth-order valence-corrected chi connectivity index (χ4v) is 1.06. The van der Waals surface area contributed by atoms with Crippen LogP contribution in [0.5, 0.6) is 0 Å². The van der Waals surface area contributed by atoms with Crippen LogP contribution in [0, 0.1) is 0 Å². The predicted molar refractivity (Wildman–Crippen MR) is 55.3 cm³/mol. The molecule has 0 amide bonds. The van der Waals surface area contributed by atoms with Crippen molar-refractivity contribution in [2.45, 2.75) is 45.1 Å². The van der Waals surface area contributed by atoms with Gasteiger partial charge in [0.2, 0.25) is 0 Å². The first kappa shape index (κ1) is 13.4. The highest BCUT2D eigenvalue weighted by atomic mass is 16.4. The molecule has 0 aromatic carbocycles. The minimum Gasteiger partial charge on any atom is -0.481 e. The van der Waals surface area contributed by atoms with Crippen LogP contribution < -0.4 is 5.32 Å². The second-order valence-electron chi connectivity index (χ2n) is 4.17. The minimum atomic E-state index is -0.728. The maximum atomic E-state index is 10.2. The molecule has 0 spiro atoms. The van der Waals surface area contributed by atoms with Crippen LogP contribution in [0.25, 0.3) is 0 Å². The number of aliphatic carboxylic acids is 1. The summed E-state index contributed by atoms with van der Waals surface area (Å²) < 4.78 is 0. The Morgan fingerprint density at radius 1 is 1.29 bits per heavy atom. The van der Waals surface area contributed by atoms with Crippen molar-refractivity contribution in [1.29, 1.82) is 0 Å². The van der Waals surface area contributed by atoms with E-state index in [1.807, 2.05) is 13.8 Å². The summed E-state index contributed by atoms with van der Waals surface area (Å²) in [6.45, 7) is 4.81. The zero-order valence-corrected chi connectivity index (χ0v) is 9.05. The fraction of sp³-hybridized carbons (Fsp3) is 0.900. The summed E-state index contributed by atoms with van der Waals surface area (Å²) in [6, 6.07) is 0. The van der Waals surface area contributed by atoms with Gasteiger partial charge >= 0.3 is 5.97 Å². The molecule has 0 aromatic rings. The molecule has 3 N–H and O–H groups in total. The molecule has 0 aliphatic carbocycles. The van der Waals surface area contributed by atoms with Crippen molar-refractivity contribution in [1.82, 2.24) is 5.32 Å². The molecule has 0 heterocycles. The van der Waals surface area contributed by atoms with Crippen molar-refractivity contribution in [3.8, 4) is 0 Å². The van der Waals surface area contributed by atoms with Gasteiger partial charge in [-0.15, -0.1) is 0 Å². The topological polar surface area (TPSA) is 69.6 Å². The molecule has 84 valence electrons. The Morgan fingerprint density at radius 3 is 2.43 bits per heavy atom. The van der Waals surface area contributed by atoms with Crippen molar-refractivity contribution in [2.75, 3.05) is 13.2 Å². The number of hydrogen-bond donors (Lipinski definition) is 3. The standard InChI is InChI=1S/C10H21NO3/c1-10(2,8-12)11-7-5-3-4-6-9(13)14/h11-12H,3-8H2,1-2H3,(H,13,14). The second-order valence-corrected chi connectivity index (χ2v) is 4.17. The monoisotopic (exact) mass is 203 g/mol. The SMILES string of the molecule is CC(C)(CO)NCCCCCC(=O)O. The van der Waals surface area contributed by atoms with Crippen LogP contribution in [0.3, 0.4) is 0 Å². The smallest absolute Gasteiger partial charge is 0.303 e. The van der Waals surface area contributed by atoms with E-state index >= 15 is 0 Å². The fourth-order valence-electron chi connectivity index (χ4n) is 1.06. The van der Waals surface area contributed by atoms with Gasteiger partial charge in [0.05, 0.1) is 6.61 Å². The minimum absolute atomic E-state index is 0.113. The highest BCUT2D eigenvalue weighted by Gasteiger charge is 2.13. The van der Waals surface area contributed by atoms with E-state index < -0.39 is 5.97 Å². The van der Waals surface area contributed by atoms with Gasteiger partial charge < -0.3 is 15.5 Å². The number of hydrogen-bond acceptors (Lipinski definition) is 3. The quantitative estimate of drug-likeness (QED) is 0.515. The van der Waals surface area contributed by atoms with Gasteiger partial charge in [-0.2, -0.15) is 0 Å². The maximum absolute atomic E-state index is 10.2. The third kappa shape index (κ3) is 8.01. The summed E-state index contributed by atoms with van der Waals surface area (Å²) in [6.07, 6.45) is 2.86. The lowest BCUT2D eigenvalue weighted by Gasteiger charge is -2.23. The number of carboxylic acids is 1. The molecule has 0 saturated carbocycles. The highest BCUT2D eigenvalue weighted by Crippen LogP contribution is 2.02. The summed E-state index contributed by atoms with van der Waals surface area (Å²) in [5.74, 6) is -0.728. The molecule has 0 fully saturated rings. The Hall–Kier alpha value is -0.610. The molecule has 0 aromatic heterocycles. The van der Waals surface area contributed by atoms with Crippen molar-refractivity contribution >= 4 is 5.97 Å². The first-order valence-corrected chi connectivity index (χ1v) is 5.05. The number of aliphatic hydroxyl groups is 1. The molecule has 14 heavy (non-hydrogen) atoms. The van der Waals surface area contributed by atoms with Crippen molar-refractivity contribution in [2.24, 2.45) is 0 Å². The van der Waals surface area contributed by atoms with Gasteiger partial charge in [-0.1, -0.05) is 6.42 Å². The van der Waals surface area contributed by atoms with Crippen molar-refractivity contribution in [3.05, 3.63) is 0 Å². The van der Waals surface area contributed by atoms with Gasteiger partial charge in [0, 0.05) is 12.0 Å². The molecule has 0 unspecified atom stereocenters. The molecule has 4 nitrogen and oxygen atoms in total. The molecule has 0 bridgehead atoms. The van der Waals surface area contributed by atoms with Crippen LogP contribution in [-0.4, -0.2) is 34.9 Å². The number of nitrogens with one attached hydrogen (secondary N) is 1. The second kappa shape index (κ2) is 6.79. The Balaban J connectivity index is 3.25. The zero-order chi connectivity index (χ0) is 11.0. The summed E-state index contributed by atoms with van der Waals surface area (Å²) in [4.78, 5) is 10.2. The van der Waals surface area contributed by atoms with Gasteiger partial charge in [0.1, 0.15) is 0 Å². The van der Waals surface area contributed by atoms with E-state index in [0.29, 0.717) is 0 Å². The Kier molecular flexibility index (Phi) is 6.49. The molecule has 0 rings (SSSR count). The molecule has 4 heteroatoms. The van der Waals surface area contributed by atoms with E-state index in [1.165, 1.54) is 0 Å². The van der Waals surface area contributed by atoms with Crippen LogP contribution in [-0.2, 0) is 4.79 Å². The largest absolute Gasteiger partial charge is 0.481 e. The Bertz CT molecular complexity index is 169. The average Bonchev–Trinajstić information content (AvgIpc) is 2.10. The van der Waals surface area contributed by atoms with Gasteiger partial charge in [0.15, 0.2) is 0 Å². The lowest BCUT2D eigenvalue weighted by molar-refractivity contribution is -0.137. The lowest BCUT2D eigenvalue weighted by Crippen LogP contribution is -2.43. The van der Waals surface area contributed by atoms with Gasteiger partial charge in [0.25, 0.3) is 0 Å². The number of aliphatic hydroxyl groups excluding tert-OH is 1. The molecule has 0 aliphatic heterocycles. The number of carboxylic acid groups (broad SMARTS) is 1. The summed E-state index contributed by atoms with van der Waals surface area (Å²) in [5, 5.41) is 20.5. The van der Waals surface area contributed by atoms with Crippen LogP contribution in [0.1, 0.15) is 39.5 Å². The molecule has 0 saturated heterocycles. The predicted octanol–water partition coefficient (Wildman–Crippen LogP) is 0.992. The van der Waals surface area contributed by atoms with Crippen LogP contribution >= 0.6 is 0 Å². The number of carbonyl (C=O) groups is 1. The van der Waals surface area contributed by atoms with Crippen LogP contribution in [0.4, 0.5) is 0 Å². The van der Waals surface area contributed by atoms with E-state index in [2.05, 4.69) is 5.32 Å². The van der Waals surface area contributed by atoms with Crippen molar-refractivity contribution in [3.63, 3.8) is 0 Å². The average molecular weight is 203 g/mol. The van der Waals surface area contributed by atoms with E-state index in [1.54, 1.807) is 0 Å². The van der Waals surface area contributed by atoms with Crippen LogP contribution in [0.15, 0.2) is 0 Å². The highest BCUT2D eigenvalue weighted by molar-refractivity contribution is 5.66. The summed E-state index contributed by atoms with van der Waals surface area (Å²) >= 11 is 0. The number of rotatable bonds is 8. The van der Waals surface area contributed by atoms with Crippen LogP contribution in [0.2, 0.25) is 0 Å². The Labute approximate surface area is 85.3 Å². The first-order valence-electron chi connectivity index (χ1n) is 5.05. The normalized spacial score (nSPS) is 11.6. The Morgan fingerprint density at radius 2 is 1.93 bits per heavy atom. The first-order chi connectivity index (χ1) is 6.48. The third-order valence-electron chi connectivity index (χ3n) is 2.07. The molecular weight excluding hydrogens is 182 g/mol. The molecular formula is C10H21NO3. The molecule has 0 radical (unpaired) electrons. The summed E-state index contributed by atoms with van der Waals surface area (Å²) in [7, 11) is 0. The van der Waals surface area contributed by atoms with Gasteiger partial charge in [-0.3, -0.25) is 4.79 Å². The van der Waals surface area contributed by atoms with E-state index in [0.717, 1.165) is 25.8 Å². The number of unbranched alkanes of at least 4 members (excludes halogenated alkanes) is 2. The maximum Gasteiger partial charge on any atom is 0.303 e. The van der Waals surface area contributed by atoms with Gasteiger partial charge in [-0.05, 0) is 33.2 Å². The van der Waals surface area contributed by atoms with E-state index in [9.17, 15) is 4.79 Å². The van der Waals surface area contributed by atoms with Crippen molar-refractivity contribution < 1.29 is 15.0 Å². The third-order valence-corrected chi connectivity index (χ3v) is 2.07. The van der Waals surface area contributed by atoms with E-state index in [-0.39, 0.29) is 18.6 Å². The van der Waals surface area contributed by atoms with Gasteiger partial charge in [-0.25, -0.2) is 0 Å². The molecule has 0 atom stereocenters. The summed E-state index contributed by atoms with van der Waals surface area (Å²) in [5.41, 5.74) is -0.229. The van der Waals surface area contributed by atoms with E-state index in [4.69, 9.17) is 10.2 Å². The zero-order valence-electron chi connectivity index (χ0n) is 9.05.